The van der Waals surface area contributed by atoms with Crippen LogP contribution in [0.25, 0.3) is 0 Å². The summed E-state index contributed by atoms with van der Waals surface area (Å²) in [6.07, 6.45) is 1.12. The monoisotopic (exact) mass is 239 g/mol. The molecule has 0 atom stereocenters. The molecule has 0 saturated carbocycles. The summed E-state index contributed by atoms with van der Waals surface area (Å²) in [5.41, 5.74) is 0.221. The molecule has 0 aliphatic rings. The Balaban J connectivity index is 2.50. The number of carbonyl (C=O) groups is 2. The van der Waals surface area contributed by atoms with Gasteiger partial charge < -0.3 is 10.2 Å². The third kappa shape index (κ3) is 3.82. The Kier molecular flexibility index (Phi) is 4.56. The fourth-order valence-electron chi connectivity index (χ4n) is 1.08. The number of carbonyl (C=O) groups excluding carboxylic acids is 2. The largest absolute Gasteiger partial charge is 0.345 e. The number of nitrogens with zero attached hydrogens (tertiary/aromatic N) is 2. The van der Waals surface area contributed by atoms with Crippen molar-refractivity contribution >= 4 is 11.8 Å². The molecule has 1 heterocycles. The number of halogens is 1. The molecule has 0 radical (unpaired) electrons. The number of rotatable bonds is 4. The quantitative estimate of drug-likeness (QED) is 0.775. The van der Waals surface area contributed by atoms with Gasteiger partial charge in [-0.25, -0.2) is 4.98 Å². The first-order valence-electron chi connectivity index (χ1n) is 5.18. The first-order chi connectivity index (χ1) is 8.04. The smallest absolute Gasteiger partial charge is 0.253 e. The average Bonchev–Trinajstić information content (AvgIpc) is 2.35. The summed E-state index contributed by atoms with van der Waals surface area (Å²) in [5.74, 6) is -1.28. The molecule has 2 amide bonds. The van der Waals surface area contributed by atoms with Crippen LogP contribution >= 0.6 is 0 Å². The Hall–Kier alpha value is -1.98. The van der Waals surface area contributed by atoms with Gasteiger partial charge in [-0.2, -0.15) is 4.39 Å². The van der Waals surface area contributed by atoms with Crippen LogP contribution in [0.15, 0.2) is 18.3 Å². The number of nitrogens with one attached hydrogen (secondary N) is 1. The van der Waals surface area contributed by atoms with E-state index >= 15 is 0 Å². The Morgan fingerprint density at radius 3 is 2.71 bits per heavy atom. The van der Waals surface area contributed by atoms with E-state index in [1.807, 2.05) is 6.92 Å². The van der Waals surface area contributed by atoms with E-state index in [1.54, 1.807) is 7.05 Å². The first-order valence-corrected chi connectivity index (χ1v) is 5.18. The highest BCUT2D eigenvalue weighted by atomic mass is 19.1. The summed E-state index contributed by atoms with van der Waals surface area (Å²) in [5, 5.41) is 2.44. The molecule has 0 bridgehead atoms. The van der Waals surface area contributed by atoms with Crippen molar-refractivity contribution in [3.63, 3.8) is 0 Å². The predicted molar refractivity (Wildman–Crippen MR) is 59.8 cm³/mol. The molecule has 0 spiro atoms. The average molecular weight is 239 g/mol. The van der Waals surface area contributed by atoms with E-state index in [4.69, 9.17) is 0 Å². The Morgan fingerprint density at radius 2 is 2.18 bits per heavy atom. The molecule has 1 aromatic heterocycles. The van der Waals surface area contributed by atoms with Crippen LogP contribution in [-0.4, -0.2) is 41.8 Å². The molecule has 0 aliphatic carbocycles. The zero-order valence-electron chi connectivity index (χ0n) is 9.74. The molecule has 5 nitrogen and oxygen atoms in total. The van der Waals surface area contributed by atoms with Gasteiger partial charge in [0.25, 0.3) is 5.91 Å². The lowest BCUT2D eigenvalue weighted by Gasteiger charge is -2.14. The Morgan fingerprint density at radius 1 is 1.47 bits per heavy atom. The highest BCUT2D eigenvalue weighted by Crippen LogP contribution is 1.98. The zero-order chi connectivity index (χ0) is 12.8. The minimum Gasteiger partial charge on any atom is -0.345 e. The van der Waals surface area contributed by atoms with Crippen molar-refractivity contribution in [1.29, 1.82) is 0 Å². The second kappa shape index (κ2) is 5.93. The molecule has 1 aromatic rings. The maximum Gasteiger partial charge on any atom is 0.253 e. The van der Waals surface area contributed by atoms with Crippen LogP contribution in [0.3, 0.4) is 0 Å². The number of aromatic nitrogens is 1. The summed E-state index contributed by atoms with van der Waals surface area (Å²) < 4.78 is 12.5. The van der Waals surface area contributed by atoms with Crippen LogP contribution in [0.4, 0.5) is 4.39 Å². The zero-order valence-corrected chi connectivity index (χ0v) is 9.74. The van der Waals surface area contributed by atoms with E-state index < -0.39 is 11.9 Å². The van der Waals surface area contributed by atoms with E-state index in [0.29, 0.717) is 6.54 Å². The molecule has 6 heteroatoms. The van der Waals surface area contributed by atoms with Gasteiger partial charge >= 0.3 is 0 Å². The minimum atomic E-state index is -0.650. The van der Waals surface area contributed by atoms with Crippen molar-refractivity contribution in [2.75, 3.05) is 20.1 Å². The van der Waals surface area contributed by atoms with Crippen molar-refractivity contribution in [2.45, 2.75) is 6.92 Å². The minimum absolute atomic E-state index is 0.0828. The van der Waals surface area contributed by atoms with Crippen molar-refractivity contribution in [1.82, 2.24) is 15.2 Å². The molecule has 17 heavy (non-hydrogen) atoms. The summed E-state index contributed by atoms with van der Waals surface area (Å²) in [7, 11) is 1.65. The van der Waals surface area contributed by atoms with Crippen LogP contribution in [-0.2, 0) is 4.79 Å². The van der Waals surface area contributed by atoms with Crippen LogP contribution < -0.4 is 5.32 Å². The summed E-state index contributed by atoms with van der Waals surface area (Å²) in [6.45, 7) is 2.33. The molecule has 0 aliphatic heterocycles. The highest BCUT2D eigenvalue weighted by Gasteiger charge is 2.10. The van der Waals surface area contributed by atoms with Gasteiger partial charge in [-0.3, -0.25) is 9.59 Å². The second-order valence-electron chi connectivity index (χ2n) is 3.46. The molecular formula is C11H14FN3O2. The van der Waals surface area contributed by atoms with E-state index in [1.165, 1.54) is 11.0 Å². The standard InChI is InChI=1S/C11H14FN3O2/c1-3-15(2)10(16)7-14-11(17)8-4-5-9(12)13-6-8/h4-6H,3,7H2,1-2H3,(H,14,17). The van der Waals surface area contributed by atoms with Crippen LogP contribution in [0.5, 0.6) is 0 Å². The number of hydrogen-bond donors (Lipinski definition) is 1. The van der Waals surface area contributed by atoms with Crippen molar-refractivity contribution < 1.29 is 14.0 Å². The maximum atomic E-state index is 12.5. The topological polar surface area (TPSA) is 62.3 Å². The highest BCUT2D eigenvalue weighted by molar-refractivity contribution is 5.96. The lowest BCUT2D eigenvalue weighted by Crippen LogP contribution is -2.38. The molecule has 0 aromatic carbocycles. The third-order valence-electron chi connectivity index (χ3n) is 2.29. The van der Waals surface area contributed by atoms with Gasteiger partial charge in [0, 0.05) is 19.8 Å². The molecule has 92 valence electrons. The number of amides is 2. The number of likely N-dealkylation sites (N-methyl/N-ethyl adjacent to an activating group) is 1. The van der Waals surface area contributed by atoms with Gasteiger partial charge in [0.2, 0.25) is 11.9 Å². The van der Waals surface area contributed by atoms with Gasteiger partial charge in [-0.1, -0.05) is 0 Å². The molecule has 1 N–H and O–H groups in total. The number of hydrogen-bond acceptors (Lipinski definition) is 3. The van der Waals surface area contributed by atoms with Crippen molar-refractivity contribution in [2.24, 2.45) is 0 Å². The van der Waals surface area contributed by atoms with Crippen LogP contribution in [0.1, 0.15) is 17.3 Å². The SMILES string of the molecule is CCN(C)C(=O)CNC(=O)c1ccc(F)nc1. The molecule has 0 fully saturated rings. The van der Waals surface area contributed by atoms with Crippen LogP contribution in [0, 0.1) is 5.95 Å². The molecule has 0 unspecified atom stereocenters. The van der Waals surface area contributed by atoms with E-state index in [0.717, 1.165) is 12.3 Å². The van der Waals surface area contributed by atoms with Gasteiger partial charge in [-0.15, -0.1) is 0 Å². The normalized spacial score (nSPS) is 9.82. The summed E-state index contributed by atoms with van der Waals surface area (Å²) >= 11 is 0. The Bertz CT molecular complexity index is 406. The van der Waals surface area contributed by atoms with Gasteiger partial charge in [-0.05, 0) is 19.1 Å². The fourth-order valence-corrected chi connectivity index (χ4v) is 1.08. The number of pyridine rings is 1. The summed E-state index contributed by atoms with van der Waals surface area (Å²) in [4.78, 5) is 27.8. The van der Waals surface area contributed by atoms with E-state index in [2.05, 4.69) is 10.3 Å². The van der Waals surface area contributed by atoms with Gasteiger partial charge in [0.15, 0.2) is 0 Å². The molecular weight excluding hydrogens is 225 g/mol. The Labute approximate surface area is 98.6 Å². The maximum absolute atomic E-state index is 12.5. The molecule has 0 saturated heterocycles. The fraction of sp³-hybridized carbons (Fsp3) is 0.364. The lowest BCUT2D eigenvalue weighted by molar-refractivity contribution is -0.128. The van der Waals surface area contributed by atoms with Gasteiger partial charge in [0.05, 0.1) is 12.1 Å². The van der Waals surface area contributed by atoms with Crippen molar-refractivity contribution in [3.8, 4) is 0 Å². The first kappa shape index (κ1) is 13.1. The second-order valence-corrected chi connectivity index (χ2v) is 3.46. The summed E-state index contributed by atoms with van der Waals surface area (Å²) in [6, 6.07) is 2.40. The van der Waals surface area contributed by atoms with Gasteiger partial charge in [0.1, 0.15) is 0 Å². The van der Waals surface area contributed by atoms with Crippen molar-refractivity contribution in [3.05, 3.63) is 29.8 Å². The predicted octanol–water partition coefficient (Wildman–Crippen LogP) is 0.429. The lowest BCUT2D eigenvalue weighted by atomic mass is 10.2. The third-order valence-corrected chi connectivity index (χ3v) is 2.29. The van der Waals surface area contributed by atoms with E-state index in [-0.39, 0.29) is 18.0 Å². The van der Waals surface area contributed by atoms with Crippen LogP contribution in [0.2, 0.25) is 0 Å². The van der Waals surface area contributed by atoms with E-state index in [9.17, 15) is 14.0 Å². The molecule has 1 rings (SSSR count).